The fraction of sp³-hybridized carbons (Fsp3) is 0.267. The minimum absolute atomic E-state index is 0.0417. The number of methoxy groups -OCH3 is 1. The first-order chi connectivity index (χ1) is 18.4. The molecule has 1 heterocycles. The Balaban J connectivity index is 1.98. The summed E-state index contributed by atoms with van der Waals surface area (Å²) in [6.45, 7) is 3.13. The zero-order valence-electron chi connectivity index (χ0n) is 21.5. The van der Waals surface area contributed by atoms with Crippen LogP contribution in [0.3, 0.4) is 0 Å². The van der Waals surface area contributed by atoms with Crippen molar-refractivity contribution in [3.05, 3.63) is 102 Å². The Bertz CT molecular complexity index is 1290. The Morgan fingerprint density at radius 2 is 1.24 bits per heavy atom. The molecule has 38 heavy (non-hydrogen) atoms. The van der Waals surface area contributed by atoms with Crippen LogP contribution in [0.15, 0.2) is 84.9 Å². The van der Waals surface area contributed by atoms with Crippen molar-refractivity contribution in [1.29, 1.82) is 0 Å². The lowest BCUT2D eigenvalue weighted by molar-refractivity contribution is -0.189. The first-order valence-corrected chi connectivity index (χ1v) is 12.4. The number of Topliss-reactive ketones (excluding diaryl/α,β-unsaturated/α-hetero) is 1. The number of hydrogen-bond donors (Lipinski definition) is 0. The summed E-state index contributed by atoms with van der Waals surface area (Å²) in [5, 5.41) is 0. The number of likely N-dealkylation sites (tertiary alicyclic amines) is 1. The number of nitrogens with zero attached hydrogens (tertiary/aromatic N) is 1. The molecule has 0 N–H and O–H groups in total. The maximum atomic E-state index is 14.0. The number of carbonyl (C=O) groups is 4. The van der Waals surface area contributed by atoms with Gasteiger partial charge in [-0.05, 0) is 43.7 Å². The van der Waals surface area contributed by atoms with E-state index >= 15 is 0 Å². The molecule has 0 unspecified atom stereocenters. The van der Waals surface area contributed by atoms with Gasteiger partial charge in [0.2, 0.25) is 5.54 Å². The lowest BCUT2D eigenvalue weighted by atomic mass is 9.62. The van der Waals surface area contributed by atoms with E-state index in [-0.39, 0.29) is 18.8 Å². The number of rotatable bonds is 9. The van der Waals surface area contributed by atoms with Crippen molar-refractivity contribution in [2.75, 3.05) is 20.3 Å². The molecule has 0 bridgehead atoms. The van der Waals surface area contributed by atoms with E-state index in [4.69, 9.17) is 14.2 Å². The molecule has 4 rings (SSSR count). The molecule has 0 aromatic heterocycles. The van der Waals surface area contributed by atoms with Crippen molar-refractivity contribution >= 4 is 23.6 Å². The van der Waals surface area contributed by atoms with Crippen LogP contribution in [0.2, 0.25) is 0 Å². The van der Waals surface area contributed by atoms with Crippen molar-refractivity contribution < 1.29 is 33.4 Å². The Kier molecular flexibility index (Phi) is 7.90. The normalized spacial score (nSPS) is 17.6. The molecule has 0 radical (unpaired) electrons. The molecule has 1 aliphatic rings. The molecule has 1 amide bonds. The molecular weight excluding hydrogens is 486 g/mol. The molecule has 1 saturated heterocycles. The second-order valence-corrected chi connectivity index (χ2v) is 8.67. The van der Waals surface area contributed by atoms with Crippen LogP contribution in [0.5, 0.6) is 5.75 Å². The third-order valence-corrected chi connectivity index (χ3v) is 6.64. The predicted octanol–water partition coefficient (Wildman–Crippen LogP) is 4.05. The number of esters is 2. The molecule has 8 heteroatoms. The maximum absolute atomic E-state index is 14.0. The minimum Gasteiger partial charge on any atom is -0.497 e. The Labute approximate surface area is 221 Å². The van der Waals surface area contributed by atoms with Crippen LogP contribution in [-0.2, 0) is 19.1 Å². The molecule has 2 atom stereocenters. The highest BCUT2D eigenvalue weighted by Gasteiger charge is 2.75. The maximum Gasteiger partial charge on any atom is 0.344 e. The van der Waals surface area contributed by atoms with Crippen LogP contribution in [0, 0.1) is 0 Å². The molecule has 3 aromatic carbocycles. The zero-order chi connectivity index (χ0) is 27.3. The summed E-state index contributed by atoms with van der Waals surface area (Å²) < 4.78 is 16.1. The number of carbonyl (C=O) groups excluding carboxylic acids is 4. The van der Waals surface area contributed by atoms with Gasteiger partial charge in [-0.3, -0.25) is 9.59 Å². The van der Waals surface area contributed by atoms with E-state index in [1.165, 1.54) is 7.11 Å². The monoisotopic (exact) mass is 515 g/mol. The summed E-state index contributed by atoms with van der Waals surface area (Å²) >= 11 is 0. The topological polar surface area (TPSA) is 99.2 Å². The third-order valence-electron chi connectivity index (χ3n) is 6.64. The fourth-order valence-electron chi connectivity index (χ4n) is 4.96. The zero-order valence-corrected chi connectivity index (χ0v) is 21.5. The summed E-state index contributed by atoms with van der Waals surface area (Å²) in [6, 6.07) is 22.1. The average Bonchev–Trinajstić information content (AvgIpc) is 2.94. The summed E-state index contributed by atoms with van der Waals surface area (Å²) in [5.41, 5.74) is -1.19. The molecule has 0 aliphatic carbocycles. The van der Waals surface area contributed by atoms with E-state index in [0.29, 0.717) is 16.9 Å². The van der Waals surface area contributed by atoms with Crippen LogP contribution in [-0.4, -0.2) is 60.4 Å². The average molecular weight is 516 g/mol. The van der Waals surface area contributed by atoms with Crippen molar-refractivity contribution in [3.63, 3.8) is 0 Å². The van der Waals surface area contributed by atoms with Crippen molar-refractivity contribution in [3.8, 4) is 5.75 Å². The van der Waals surface area contributed by atoms with E-state index in [0.717, 1.165) is 4.90 Å². The van der Waals surface area contributed by atoms with Gasteiger partial charge in [0.15, 0.2) is 5.78 Å². The minimum atomic E-state index is -2.22. The SMILES string of the molecule is CCOC(=O)C1(C(=O)OCC)[C@H](c2ccc(OC)cc2)[C@@H](C(=O)c2ccccc2)N1C(=O)c1ccccc1. The summed E-state index contributed by atoms with van der Waals surface area (Å²) in [7, 11) is 1.52. The van der Waals surface area contributed by atoms with E-state index in [9.17, 15) is 19.2 Å². The molecule has 1 fully saturated rings. The van der Waals surface area contributed by atoms with Gasteiger partial charge in [0.05, 0.1) is 26.2 Å². The molecule has 196 valence electrons. The van der Waals surface area contributed by atoms with Gasteiger partial charge >= 0.3 is 11.9 Å². The second-order valence-electron chi connectivity index (χ2n) is 8.67. The number of benzene rings is 3. The molecule has 3 aromatic rings. The van der Waals surface area contributed by atoms with Crippen LogP contribution < -0.4 is 4.74 Å². The lowest BCUT2D eigenvalue weighted by Gasteiger charge is -2.59. The molecular formula is C30H29NO7. The standard InChI is InChI=1S/C30H29NO7/c1-4-37-28(34)30(29(35)38-5-2)24(20-16-18-23(36-3)19-17-20)25(26(32)21-12-8-6-9-13-21)31(30)27(33)22-14-10-7-11-15-22/h6-19,24-25H,4-5H2,1-3H3/t24-,25+/m1/s1. The van der Waals surface area contributed by atoms with Crippen LogP contribution in [0.25, 0.3) is 0 Å². The summed E-state index contributed by atoms with van der Waals surface area (Å²) in [4.78, 5) is 56.6. The smallest absolute Gasteiger partial charge is 0.344 e. The van der Waals surface area contributed by atoms with E-state index in [2.05, 4.69) is 0 Å². The van der Waals surface area contributed by atoms with E-state index in [1.807, 2.05) is 0 Å². The fourth-order valence-corrected chi connectivity index (χ4v) is 4.96. The van der Waals surface area contributed by atoms with E-state index < -0.39 is 41.1 Å². The number of ether oxygens (including phenoxy) is 3. The van der Waals surface area contributed by atoms with Crippen molar-refractivity contribution in [2.45, 2.75) is 31.3 Å². The number of hydrogen-bond acceptors (Lipinski definition) is 7. The first-order valence-electron chi connectivity index (χ1n) is 12.4. The highest BCUT2D eigenvalue weighted by Crippen LogP contribution is 2.53. The summed E-state index contributed by atoms with van der Waals surface area (Å²) in [6.07, 6.45) is 0. The van der Waals surface area contributed by atoms with Gasteiger partial charge in [-0.25, -0.2) is 9.59 Å². The number of amides is 1. The quantitative estimate of drug-likeness (QED) is 0.241. The highest BCUT2D eigenvalue weighted by atomic mass is 16.6. The Morgan fingerprint density at radius 3 is 1.71 bits per heavy atom. The molecule has 8 nitrogen and oxygen atoms in total. The predicted molar refractivity (Wildman–Crippen MR) is 139 cm³/mol. The Hall–Kier alpha value is -4.46. The Morgan fingerprint density at radius 1 is 0.737 bits per heavy atom. The van der Waals surface area contributed by atoms with Crippen molar-refractivity contribution in [1.82, 2.24) is 4.90 Å². The van der Waals surface area contributed by atoms with Gasteiger partial charge in [-0.15, -0.1) is 0 Å². The largest absolute Gasteiger partial charge is 0.497 e. The molecule has 0 spiro atoms. The van der Waals surface area contributed by atoms with Crippen LogP contribution in [0.1, 0.15) is 46.0 Å². The third kappa shape index (κ3) is 4.42. The lowest BCUT2D eigenvalue weighted by Crippen LogP contribution is -2.82. The van der Waals surface area contributed by atoms with Gasteiger partial charge in [0, 0.05) is 11.1 Å². The molecule has 0 saturated carbocycles. The second kappa shape index (κ2) is 11.3. The van der Waals surface area contributed by atoms with Crippen molar-refractivity contribution in [2.24, 2.45) is 0 Å². The summed E-state index contributed by atoms with van der Waals surface area (Å²) in [5.74, 6) is -3.52. The number of ketones is 1. The van der Waals surface area contributed by atoms with Gasteiger partial charge < -0.3 is 19.1 Å². The van der Waals surface area contributed by atoms with E-state index in [1.54, 1.807) is 98.8 Å². The highest BCUT2D eigenvalue weighted by molar-refractivity contribution is 6.18. The van der Waals surface area contributed by atoms with Gasteiger partial charge in [-0.1, -0.05) is 60.7 Å². The van der Waals surface area contributed by atoms with Crippen LogP contribution in [0.4, 0.5) is 0 Å². The van der Waals surface area contributed by atoms with Gasteiger partial charge in [-0.2, -0.15) is 0 Å². The van der Waals surface area contributed by atoms with Gasteiger partial charge in [0.1, 0.15) is 11.8 Å². The van der Waals surface area contributed by atoms with Crippen LogP contribution >= 0.6 is 0 Å². The van der Waals surface area contributed by atoms with Gasteiger partial charge in [0.25, 0.3) is 5.91 Å². The first kappa shape index (κ1) is 26.6. The molecule has 1 aliphatic heterocycles.